The van der Waals surface area contributed by atoms with Crippen LogP contribution in [-0.4, -0.2) is 63.8 Å². The Kier molecular flexibility index (Phi) is 8.16. The molecule has 2 aromatic carbocycles. The van der Waals surface area contributed by atoms with Gasteiger partial charge in [-0.1, -0.05) is 48.4 Å². The first kappa shape index (κ1) is 31.0. The Morgan fingerprint density at radius 3 is 2.67 bits per heavy atom. The zero-order valence-electron chi connectivity index (χ0n) is 25.7. The van der Waals surface area contributed by atoms with Crippen molar-refractivity contribution >= 4 is 46.7 Å². The van der Waals surface area contributed by atoms with Gasteiger partial charge in [-0.15, -0.1) is 5.10 Å². The molecule has 228 valence electrons. The summed E-state index contributed by atoms with van der Waals surface area (Å²) in [4.78, 5) is 31.6. The topological polar surface area (TPSA) is 136 Å². The quantitative estimate of drug-likeness (QED) is 0.299. The zero-order valence-corrected chi connectivity index (χ0v) is 26.5. The van der Waals surface area contributed by atoms with Gasteiger partial charge in [0.2, 0.25) is 5.91 Å². The van der Waals surface area contributed by atoms with Crippen LogP contribution in [-0.2, 0) is 10.0 Å². The molecule has 6 rings (SSSR count). The molecule has 0 unspecified atom stereocenters. The van der Waals surface area contributed by atoms with Crippen molar-refractivity contribution in [1.29, 1.82) is 5.26 Å². The average Bonchev–Trinajstić information content (AvgIpc) is 3.68. The monoisotopic (exact) mass is 633 g/mol. The summed E-state index contributed by atoms with van der Waals surface area (Å²) in [6.45, 7) is 1.89. The van der Waals surface area contributed by atoms with Crippen molar-refractivity contribution in [2.45, 2.75) is 37.5 Å². The van der Waals surface area contributed by atoms with Gasteiger partial charge in [-0.2, -0.15) is 10.4 Å². The number of aromatic nitrogens is 7. The highest BCUT2D eigenvalue weighted by atomic mass is 35.5. The molecule has 4 heterocycles. The predicted octanol–water partition coefficient (Wildman–Crippen LogP) is 1.83. The number of carbonyl (C=O) groups excluding carboxylic acids is 1. The number of fused-ring (bicyclic) bond motifs is 4. The lowest BCUT2D eigenvalue weighted by atomic mass is 9.49. The summed E-state index contributed by atoms with van der Waals surface area (Å²) in [6, 6.07) is 13.5. The molecule has 0 saturated carbocycles. The fraction of sp³-hybridized carbons (Fsp3) is 0.233. The third-order valence-electron chi connectivity index (χ3n) is 8.13. The highest BCUT2D eigenvalue weighted by molar-refractivity contribution is 6.56. The van der Waals surface area contributed by atoms with Crippen molar-refractivity contribution in [1.82, 2.24) is 34.3 Å². The molecule has 3 aromatic heterocycles. The minimum absolute atomic E-state index is 0.0406. The van der Waals surface area contributed by atoms with Crippen LogP contribution in [0.5, 0.6) is 0 Å². The van der Waals surface area contributed by atoms with Crippen molar-refractivity contribution in [2.75, 3.05) is 5.32 Å². The number of nitriles is 1. The second-order valence-corrected chi connectivity index (χ2v) is 12.8. The van der Waals surface area contributed by atoms with Gasteiger partial charge in [0.1, 0.15) is 29.6 Å². The molecular weight excluding hydrogens is 605 g/mol. The number of hydrogen-bond donors (Lipinski definition) is 1. The van der Waals surface area contributed by atoms with Crippen LogP contribution in [0.2, 0.25) is 5.02 Å². The van der Waals surface area contributed by atoms with E-state index >= 15 is 4.39 Å². The summed E-state index contributed by atoms with van der Waals surface area (Å²) < 4.78 is 20.2. The second kappa shape index (κ2) is 12.1. The molecular formula is C30H28B3ClFN9O2. The first-order valence-electron chi connectivity index (χ1n) is 14.9. The Balaban J connectivity index is 1.47. The Morgan fingerprint density at radius 2 is 1.96 bits per heavy atom. The molecule has 5 aromatic rings. The Morgan fingerprint density at radius 1 is 1.15 bits per heavy atom. The number of anilines is 1. The standard InChI is InChI=1S/C30H28B3ClFN9O2/c1-16-4-2-7-23(17-5-3-6-18(10-17)28-22(39-29(16)46)13-38-44(28)30(31,32)33)42-15-37-21(11-25(42)45)26-24(9-8-20(34)27(26)35)43-14-19(12-36)40-41-43/h3,5-6,8-11,13-16,23H,2,4,7,31-33H2,1H3,(H,39,46)/t16-,23+/m1/s1. The van der Waals surface area contributed by atoms with Crippen molar-refractivity contribution in [2.24, 2.45) is 5.92 Å². The Hall–Kier alpha value is -4.96. The average molecular weight is 634 g/mol. The number of hydrogen-bond acceptors (Lipinski definition) is 7. The number of halogens is 2. The Bertz CT molecular complexity index is 2080. The van der Waals surface area contributed by atoms with E-state index in [-0.39, 0.29) is 44.7 Å². The van der Waals surface area contributed by atoms with Crippen LogP contribution in [0.1, 0.15) is 43.5 Å². The van der Waals surface area contributed by atoms with E-state index in [0.29, 0.717) is 24.9 Å². The molecule has 1 N–H and O–H groups in total. The SMILES string of the molecule is BC(B)(B)n1ncc2c1-c1cccc(c1)[C@@H](n1cnc(-c3c(-n4cc(C#N)nn4)ccc(Cl)c3F)cc1=O)CCC[C@@H](C)C(=O)N2. The lowest BCUT2D eigenvalue weighted by molar-refractivity contribution is -0.119. The van der Waals surface area contributed by atoms with Gasteiger partial charge in [0, 0.05) is 17.5 Å². The molecule has 0 spiro atoms. The van der Waals surface area contributed by atoms with E-state index in [4.69, 9.17) is 11.6 Å². The first-order valence-corrected chi connectivity index (χ1v) is 15.2. The number of rotatable bonds is 4. The van der Waals surface area contributed by atoms with Gasteiger partial charge in [-0.25, -0.2) is 14.1 Å². The normalized spacial score (nSPS) is 16.9. The van der Waals surface area contributed by atoms with Gasteiger partial charge in [0.25, 0.3) is 5.56 Å². The third kappa shape index (κ3) is 5.76. The fourth-order valence-electron chi connectivity index (χ4n) is 5.78. The molecule has 2 bridgehead atoms. The second-order valence-electron chi connectivity index (χ2n) is 12.4. The van der Waals surface area contributed by atoms with Crippen molar-refractivity contribution < 1.29 is 9.18 Å². The number of carbonyl (C=O) groups is 1. The number of benzene rings is 2. The number of nitrogens with zero attached hydrogens (tertiary/aromatic N) is 8. The minimum Gasteiger partial charge on any atom is -0.323 e. The molecule has 1 aliphatic heterocycles. The van der Waals surface area contributed by atoms with E-state index in [0.717, 1.165) is 16.8 Å². The smallest absolute Gasteiger partial charge is 0.254 e. The molecule has 2 atom stereocenters. The van der Waals surface area contributed by atoms with E-state index in [1.807, 2.05) is 65.5 Å². The minimum atomic E-state index is -0.782. The molecule has 11 nitrogen and oxygen atoms in total. The van der Waals surface area contributed by atoms with Gasteiger partial charge < -0.3 is 5.32 Å². The molecule has 46 heavy (non-hydrogen) atoms. The van der Waals surface area contributed by atoms with Crippen molar-refractivity contribution in [3.05, 3.63) is 93.6 Å². The third-order valence-corrected chi connectivity index (χ3v) is 8.42. The van der Waals surface area contributed by atoms with Crippen LogP contribution in [0.4, 0.5) is 10.1 Å². The number of amides is 1. The lowest BCUT2D eigenvalue weighted by Gasteiger charge is -2.26. The molecule has 0 saturated heterocycles. The summed E-state index contributed by atoms with van der Waals surface area (Å²) in [5.41, 5.74) is 2.97. The number of nitrogens with one attached hydrogen (secondary N) is 1. The van der Waals surface area contributed by atoms with Crippen LogP contribution in [0, 0.1) is 23.1 Å². The van der Waals surface area contributed by atoms with Crippen molar-refractivity contribution in [3.63, 3.8) is 0 Å². The molecule has 1 aliphatic rings. The Labute approximate surface area is 271 Å². The molecule has 0 fully saturated rings. The van der Waals surface area contributed by atoms with Crippen LogP contribution >= 0.6 is 11.6 Å². The van der Waals surface area contributed by atoms with Gasteiger partial charge in [-0.3, -0.25) is 18.8 Å². The highest BCUT2D eigenvalue weighted by Gasteiger charge is 2.27. The zero-order chi connectivity index (χ0) is 32.7. The van der Waals surface area contributed by atoms with E-state index in [1.54, 1.807) is 6.20 Å². The highest BCUT2D eigenvalue weighted by Crippen LogP contribution is 2.36. The summed E-state index contributed by atoms with van der Waals surface area (Å²) in [5, 5.41) is 24.1. The summed E-state index contributed by atoms with van der Waals surface area (Å²) in [6.07, 6.45) is 6.26. The van der Waals surface area contributed by atoms with Gasteiger partial charge in [0.05, 0.1) is 58.1 Å². The van der Waals surface area contributed by atoms with Crippen molar-refractivity contribution in [3.8, 4) is 34.3 Å². The van der Waals surface area contributed by atoms with Crippen LogP contribution < -0.4 is 10.9 Å². The van der Waals surface area contributed by atoms with Gasteiger partial charge in [-0.05, 0) is 41.8 Å². The molecule has 0 radical (unpaired) electrons. The first-order chi connectivity index (χ1) is 22.0. The molecule has 1 amide bonds. The van der Waals surface area contributed by atoms with E-state index in [9.17, 15) is 14.9 Å². The van der Waals surface area contributed by atoms with E-state index < -0.39 is 17.4 Å². The maximum atomic E-state index is 15.5. The fourth-order valence-corrected chi connectivity index (χ4v) is 5.94. The lowest BCUT2D eigenvalue weighted by Crippen LogP contribution is -2.36. The summed E-state index contributed by atoms with van der Waals surface area (Å²) >= 11 is 6.14. The maximum Gasteiger partial charge on any atom is 0.254 e. The largest absolute Gasteiger partial charge is 0.323 e. The molecule has 0 aliphatic carbocycles. The van der Waals surface area contributed by atoms with Crippen LogP contribution in [0.25, 0.3) is 28.2 Å². The maximum absolute atomic E-state index is 15.5. The van der Waals surface area contributed by atoms with Crippen LogP contribution in [0.15, 0.2) is 66.0 Å². The summed E-state index contributed by atoms with van der Waals surface area (Å²) in [5.74, 6) is -1.15. The van der Waals surface area contributed by atoms with Crippen LogP contribution in [0.3, 0.4) is 0 Å². The van der Waals surface area contributed by atoms with E-state index in [2.05, 4.69) is 25.7 Å². The van der Waals surface area contributed by atoms with Gasteiger partial charge >= 0.3 is 0 Å². The van der Waals surface area contributed by atoms with E-state index in [1.165, 1.54) is 40.0 Å². The molecule has 16 heteroatoms. The predicted molar refractivity (Wildman–Crippen MR) is 180 cm³/mol. The van der Waals surface area contributed by atoms with Gasteiger partial charge in [0.15, 0.2) is 11.5 Å². The summed E-state index contributed by atoms with van der Waals surface area (Å²) in [7, 11) is 6.12.